The van der Waals surface area contributed by atoms with Crippen LogP contribution in [0.1, 0.15) is 34.2 Å². The monoisotopic (exact) mass is 402 g/mol. The summed E-state index contributed by atoms with van der Waals surface area (Å²) in [6.07, 6.45) is 0. The number of benzene rings is 3. The van der Waals surface area contributed by atoms with Gasteiger partial charge in [0.05, 0.1) is 18.1 Å². The Balaban J connectivity index is 2.07. The van der Waals surface area contributed by atoms with Gasteiger partial charge in [0.25, 0.3) is 0 Å². The maximum absolute atomic E-state index is 12.1. The third-order valence-corrected chi connectivity index (χ3v) is 5.32. The lowest BCUT2D eigenvalue weighted by molar-refractivity contribution is 0.0693. The summed E-state index contributed by atoms with van der Waals surface area (Å²) in [6, 6.07) is 21.8. The number of aliphatic hydroxyl groups is 1. The highest BCUT2D eigenvalue weighted by Gasteiger charge is 2.39. The number of hydrogen-bond donors (Lipinski definition) is 2. The average molecular weight is 402 g/mol. The van der Waals surface area contributed by atoms with Gasteiger partial charge < -0.3 is 19.5 Å². The van der Waals surface area contributed by atoms with Gasteiger partial charge in [-0.3, -0.25) is 0 Å². The van der Waals surface area contributed by atoms with Crippen LogP contribution in [-0.2, 0) is 12.1 Å². The van der Waals surface area contributed by atoms with Crippen molar-refractivity contribution in [2.45, 2.75) is 19.1 Å². The normalized spacial score (nSPS) is 11.6. The second-order valence-electron chi connectivity index (χ2n) is 6.97. The van der Waals surface area contributed by atoms with Crippen molar-refractivity contribution in [1.29, 1.82) is 0 Å². The Morgan fingerprint density at radius 1 is 1.03 bits per heavy atom. The molecule has 6 heteroatoms. The summed E-state index contributed by atoms with van der Waals surface area (Å²) < 4.78 is 7.11. The lowest BCUT2D eigenvalue weighted by Crippen LogP contribution is -2.32. The molecule has 4 rings (SSSR count). The first-order chi connectivity index (χ1) is 14.5. The van der Waals surface area contributed by atoms with Crippen molar-refractivity contribution in [2.75, 3.05) is 7.11 Å². The van der Waals surface area contributed by atoms with Crippen molar-refractivity contribution in [3.8, 4) is 5.75 Å². The topological polar surface area (TPSA) is 84.6 Å². The molecule has 0 radical (unpaired) electrons. The minimum absolute atomic E-state index is 0.0501. The Morgan fingerprint density at radius 2 is 1.60 bits per heavy atom. The summed E-state index contributed by atoms with van der Waals surface area (Å²) in [7, 11) is 1.43. The SMILES string of the molecule is CCn1c(C(O)(c2ccccc2)c2ccccc2)nc2cc(OC)c(C(=O)O)cc21. The quantitative estimate of drug-likeness (QED) is 0.508. The Labute approximate surface area is 174 Å². The van der Waals surface area contributed by atoms with E-state index in [4.69, 9.17) is 9.72 Å². The van der Waals surface area contributed by atoms with Crippen LogP contribution in [0, 0.1) is 0 Å². The summed E-state index contributed by atoms with van der Waals surface area (Å²) in [5.41, 5.74) is 1.05. The third kappa shape index (κ3) is 3.02. The molecule has 6 nitrogen and oxygen atoms in total. The number of aryl methyl sites for hydroxylation is 1. The van der Waals surface area contributed by atoms with Crippen molar-refractivity contribution in [3.05, 3.63) is 95.3 Å². The van der Waals surface area contributed by atoms with Crippen LogP contribution >= 0.6 is 0 Å². The van der Waals surface area contributed by atoms with Gasteiger partial charge >= 0.3 is 5.97 Å². The van der Waals surface area contributed by atoms with E-state index >= 15 is 0 Å². The molecule has 0 amide bonds. The summed E-state index contributed by atoms with van der Waals surface area (Å²) in [6.45, 7) is 2.44. The zero-order chi connectivity index (χ0) is 21.3. The number of aromatic carboxylic acids is 1. The molecule has 0 unspecified atom stereocenters. The molecule has 3 aromatic carbocycles. The first-order valence-electron chi connectivity index (χ1n) is 9.66. The van der Waals surface area contributed by atoms with Crippen LogP contribution in [-0.4, -0.2) is 32.8 Å². The van der Waals surface area contributed by atoms with E-state index in [9.17, 15) is 15.0 Å². The average Bonchev–Trinajstić information content (AvgIpc) is 3.16. The van der Waals surface area contributed by atoms with Gasteiger partial charge in [0.1, 0.15) is 11.3 Å². The van der Waals surface area contributed by atoms with Crippen LogP contribution < -0.4 is 4.74 Å². The van der Waals surface area contributed by atoms with Crippen molar-refractivity contribution in [1.82, 2.24) is 9.55 Å². The van der Waals surface area contributed by atoms with E-state index in [0.717, 1.165) is 0 Å². The maximum atomic E-state index is 12.1. The predicted octanol–water partition coefficient (Wildman–Crippen LogP) is 4.05. The van der Waals surface area contributed by atoms with Gasteiger partial charge in [-0.2, -0.15) is 0 Å². The van der Waals surface area contributed by atoms with E-state index in [0.29, 0.717) is 34.5 Å². The Bertz CT molecular complexity index is 1160. The molecule has 0 aliphatic heterocycles. The summed E-state index contributed by atoms with van der Waals surface area (Å²) in [4.78, 5) is 16.5. The number of methoxy groups -OCH3 is 1. The molecule has 152 valence electrons. The molecule has 0 fully saturated rings. The summed E-state index contributed by atoms with van der Waals surface area (Å²) >= 11 is 0. The predicted molar refractivity (Wildman–Crippen MR) is 114 cm³/mol. The summed E-state index contributed by atoms with van der Waals surface area (Å²) in [5.74, 6) is -0.437. The molecular weight excluding hydrogens is 380 g/mol. The van der Waals surface area contributed by atoms with Crippen LogP contribution in [0.15, 0.2) is 72.8 Å². The van der Waals surface area contributed by atoms with E-state index < -0.39 is 11.6 Å². The fourth-order valence-electron chi connectivity index (χ4n) is 3.87. The largest absolute Gasteiger partial charge is 0.496 e. The molecular formula is C24H22N2O4. The van der Waals surface area contributed by atoms with Gasteiger partial charge in [0.15, 0.2) is 11.4 Å². The van der Waals surface area contributed by atoms with Crippen LogP contribution in [0.4, 0.5) is 0 Å². The van der Waals surface area contributed by atoms with Crippen molar-refractivity contribution >= 4 is 17.0 Å². The smallest absolute Gasteiger partial charge is 0.339 e. The number of carboxylic acid groups (broad SMARTS) is 1. The molecule has 0 atom stereocenters. The van der Waals surface area contributed by atoms with E-state index in [1.165, 1.54) is 7.11 Å². The molecule has 0 bridgehead atoms. The second kappa shape index (κ2) is 7.65. The first-order valence-corrected chi connectivity index (χ1v) is 9.66. The van der Waals surface area contributed by atoms with E-state index in [2.05, 4.69) is 0 Å². The van der Waals surface area contributed by atoms with Crippen molar-refractivity contribution in [3.63, 3.8) is 0 Å². The first kappa shape index (κ1) is 19.7. The van der Waals surface area contributed by atoms with Crippen molar-refractivity contribution < 1.29 is 19.7 Å². The Kier molecular flexibility index (Phi) is 5.01. The van der Waals surface area contributed by atoms with Gasteiger partial charge in [0, 0.05) is 12.6 Å². The maximum Gasteiger partial charge on any atom is 0.339 e. The molecule has 0 aliphatic carbocycles. The highest BCUT2D eigenvalue weighted by atomic mass is 16.5. The van der Waals surface area contributed by atoms with E-state index in [1.807, 2.05) is 72.2 Å². The van der Waals surface area contributed by atoms with Gasteiger partial charge in [-0.25, -0.2) is 9.78 Å². The van der Waals surface area contributed by atoms with Crippen LogP contribution in [0.25, 0.3) is 11.0 Å². The highest BCUT2D eigenvalue weighted by Crippen LogP contribution is 2.38. The zero-order valence-electron chi connectivity index (χ0n) is 16.7. The Morgan fingerprint density at radius 3 is 2.07 bits per heavy atom. The lowest BCUT2D eigenvalue weighted by atomic mass is 9.85. The van der Waals surface area contributed by atoms with Gasteiger partial charge in [-0.05, 0) is 24.1 Å². The van der Waals surface area contributed by atoms with Gasteiger partial charge in [0.2, 0.25) is 0 Å². The minimum atomic E-state index is -1.52. The molecule has 1 heterocycles. The molecule has 4 aromatic rings. The van der Waals surface area contributed by atoms with Gasteiger partial charge in [-0.1, -0.05) is 60.7 Å². The Hall–Kier alpha value is -3.64. The number of carboxylic acids is 1. The number of nitrogens with zero attached hydrogens (tertiary/aromatic N) is 2. The van der Waals surface area contributed by atoms with Crippen molar-refractivity contribution in [2.24, 2.45) is 0 Å². The standard InChI is InChI=1S/C24H22N2O4/c1-3-26-20-14-18(22(27)28)21(30-2)15-19(20)25-23(26)24(29,16-10-6-4-7-11-16)17-12-8-5-9-13-17/h4-15,29H,3H2,1-2H3,(H,27,28). The molecule has 0 spiro atoms. The molecule has 1 aromatic heterocycles. The fourth-order valence-corrected chi connectivity index (χ4v) is 3.87. The van der Waals surface area contributed by atoms with Gasteiger partial charge in [-0.15, -0.1) is 0 Å². The molecule has 30 heavy (non-hydrogen) atoms. The molecule has 0 saturated heterocycles. The number of imidazole rings is 1. The second-order valence-corrected chi connectivity index (χ2v) is 6.97. The minimum Gasteiger partial charge on any atom is -0.496 e. The number of fused-ring (bicyclic) bond motifs is 1. The fraction of sp³-hybridized carbons (Fsp3) is 0.167. The number of carbonyl (C=O) groups is 1. The highest BCUT2D eigenvalue weighted by molar-refractivity contribution is 5.96. The summed E-state index contributed by atoms with van der Waals surface area (Å²) in [5, 5.41) is 21.7. The number of ether oxygens (including phenoxy) is 1. The van der Waals surface area contributed by atoms with Crippen LogP contribution in [0.2, 0.25) is 0 Å². The van der Waals surface area contributed by atoms with Crippen LogP contribution in [0.5, 0.6) is 5.75 Å². The number of aromatic nitrogens is 2. The number of rotatable bonds is 6. The number of hydrogen-bond acceptors (Lipinski definition) is 4. The van der Waals surface area contributed by atoms with E-state index in [1.54, 1.807) is 12.1 Å². The zero-order valence-corrected chi connectivity index (χ0v) is 16.7. The molecule has 2 N–H and O–H groups in total. The third-order valence-electron chi connectivity index (χ3n) is 5.32. The lowest BCUT2D eigenvalue weighted by Gasteiger charge is -2.29. The van der Waals surface area contributed by atoms with Crippen LogP contribution in [0.3, 0.4) is 0 Å². The molecule has 0 saturated carbocycles. The molecule has 0 aliphatic rings. The van der Waals surface area contributed by atoms with E-state index in [-0.39, 0.29) is 11.3 Å².